The van der Waals surface area contributed by atoms with E-state index in [1.807, 2.05) is 13.0 Å². The predicted molar refractivity (Wildman–Crippen MR) is 72.4 cm³/mol. The molecule has 0 aliphatic carbocycles. The molecule has 0 saturated carbocycles. The Bertz CT molecular complexity index is 508. The highest BCUT2D eigenvalue weighted by Gasteiger charge is 2.25. The molecule has 1 unspecified atom stereocenters. The first kappa shape index (κ1) is 13.3. The summed E-state index contributed by atoms with van der Waals surface area (Å²) < 4.78 is 28.2. The standard InChI is InChI=1S/C12H19N3O2S/c1-10(13)11-5-4-6-12(9-11)14-18(16,17)15-7-2-3-8-15/h4-6,9-10,14H,2-3,7-8,13H2,1H3. The van der Waals surface area contributed by atoms with Crippen LogP contribution in [0, 0.1) is 0 Å². The third-order valence-electron chi connectivity index (χ3n) is 3.06. The van der Waals surface area contributed by atoms with E-state index in [4.69, 9.17) is 5.73 Å². The first-order chi connectivity index (χ1) is 8.49. The van der Waals surface area contributed by atoms with Crippen LogP contribution < -0.4 is 10.5 Å². The van der Waals surface area contributed by atoms with Crippen LogP contribution in [-0.2, 0) is 10.2 Å². The van der Waals surface area contributed by atoms with Gasteiger partial charge in [0.15, 0.2) is 0 Å². The minimum atomic E-state index is -3.41. The molecule has 0 bridgehead atoms. The summed E-state index contributed by atoms with van der Waals surface area (Å²) in [4.78, 5) is 0. The van der Waals surface area contributed by atoms with Crippen molar-refractivity contribution in [1.82, 2.24) is 4.31 Å². The third kappa shape index (κ3) is 3.01. The van der Waals surface area contributed by atoms with Crippen molar-refractivity contribution in [3.8, 4) is 0 Å². The maximum absolute atomic E-state index is 12.1. The molecule has 0 aromatic heterocycles. The van der Waals surface area contributed by atoms with Crippen molar-refractivity contribution in [2.45, 2.75) is 25.8 Å². The monoisotopic (exact) mass is 269 g/mol. The summed E-state index contributed by atoms with van der Waals surface area (Å²) in [6.07, 6.45) is 1.86. The molecule has 1 aliphatic heterocycles. The van der Waals surface area contributed by atoms with Gasteiger partial charge in [-0.25, -0.2) is 0 Å². The summed E-state index contributed by atoms with van der Waals surface area (Å²) in [6.45, 7) is 3.07. The van der Waals surface area contributed by atoms with E-state index in [-0.39, 0.29) is 6.04 Å². The van der Waals surface area contributed by atoms with Gasteiger partial charge in [0, 0.05) is 19.1 Å². The third-order valence-corrected chi connectivity index (χ3v) is 4.60. The number of nitrogens with one attached hydrogen (secondary N) is 1. The Kier molecular flexibility index (Phi) is 3.89. The van der Waals surface area contributed by atoms with Crippen molar-refractivity contribution >= 4 is 15.9 Å². The van der Waals surface area contributed by atoms with Gasteiger partial charge in [0.2, 0.25) is 0 Å². The quantitative estimate of drug-likeness (QED) is 0.869. The Hall–Kier alpha value is -1.11. The van der Waals surface area contributed by atoms with Crippen molar-refractivity contribution in [3.63, 3.8) is 0 Å². The second-order valence-electron chi connectivity index (χ2n) is 4.63. The first-order valence-corrected chi connectivity index (χ1v) is 7.56. The smallest absolute Gasteiger partial charge is 0.301 e. The number of rotatable bonds is 4. The van der Waals surface area contributed by atoms with Crippen LogP contribution in [-0.4, -0.2) is 25.8 Å². The fourth-order valence-corrected chi connectivity index (χ4v) is 3.32. The van der Waals surface area contributed by atoms with Crippen LogP contribution >= 0.6 is 0 Å². The fraction of sp³-hybridized carbons (Fsp3) is 0.500. The molecule has 1 fully saturated rings. The lowest BCUT2D eigenvalue weighted by Crippen LogP contribution is -2.33. The minimum absolute atomic E-state index is 0.110. The van der Waals surface area contributed by atoms with Crippen LogP contribution in [0.5, 0.6) is 0 Å². The molecule has 3 N–H and O–H groups in total. The van der Waals surface area contributed by atoms with E-state index in [2.05, 4.69) is 4.72 Å². The maximum atomic E-state index is 12.1. The lowest BCUT2D eigenvalue weighted by atomic mass is 10.1. The summed E-state index contributed by atoms with van der Waals surface area (Å²) in [5.74, 6) is 0. The van der Waals surface area contributed by atoms with Gasteiger partial charge < -0.3 is 5.73 Å². The molecule has 1 aromatic rings. The molecule has 0 radical (unpaired) electrons. The molecule has 0 amide bonds. The largest absolute Gasteiger partial charge is 0.324 e. The summed E-state index contributed by atoms with van der Waals surface area (Å²) in [7, 11) is -3.41. The second kappa shape index (κ2) is 5.26. The van der Waals surface area contributed by atoms with Crippen LogP contribution in [0.4, 0.5) is 5.69 Å². The average molecular weight is 269 g/mol. The van der Waals surface area contributed by atoms with Gasteiger partial charge in [0.05, 0.1) is 5.69 Å². The van der Waals surface area contributed by atoms with Gasteiger partial charge in [-0.05, 0) is 37.5 Å². The summed E-state index contributed by atoms with van der Waals surface area (Å²) in [5, 5.41) is 0. The van der Waals surface area contributed by atoms with Gasteiger partial charge in [0.1, 0.15) is 0 Å². The Morgan fingerprint density at radius 1 is 1.33 bits per heavy atom. The van der Waals surface area contributed by atoms with Crippen LogP contribution in [0.1, 0.15) is 31.4 Å². The number of benzene rings is 1. The van der Waals surface area contributed by atoms with Gasteiger partial charge in [-0.1, -0.05) is 12.1 Å². The van der Waals surface area contributed by atoms with Gasteiger partial charge in [-0.2, -0.15) is 12.7 Å². The highest BCUT2D eigenvalue weighted by Crippen LogP contribution is 2.19. The number of hydrogen-bond acceptors (Lipinski definition) is 3. The van der Waals surface area contributed by atoms with Gasteiger partial charge in [0.25, 0.3) is 0 Å². The molecule has 1 saturated heterocycles. The van der Waals surface area contributed by atoms with E-state index in [9.17, 15) is 8.42 Å². The average Bonchev–Trinajstić information content (AvgIpc) is 2.82. The molecule has 1 aromatic carbocycles. The Morgan fingerprint density at radius 2 is 2.00 bits per heavy atom. The minimum Gasteiger partial charge on any atom is -0.324 e. The number of hydrogen-bond donors (Lipinski definition) is 2. The number of nitrogens with two attached hydrogens (primary N) is 1. The predicted octanol–water partition coefficient (Wildman–Crippen LogP) is 1.46. The SMILES string of the molecule is CC(N)c1cccc(NS(=O)(=O)N2CCCC2)c1. The molecule has 1 heterocycles. The number of nitrogens with zero attached hydrogens (tertiary/aromatic N) is 1. The van der Waals surface area contributed by atoms with E-state index < -0.39 is 10.2 Å². The molecule has 18 heavy (non-hydrogen) atoms. The van der Waals surface area contributed by atoms with Gasteiger partial charge in [-0.3, -0.25) is 4.72 Å². The van der Waals surface area contributed by atoms with Crippen molar-refractivity contribution in [3.05, 3.63) is 29.8 Å². The molecule has 2 rings (SSSR count). The number of anilines is 1. The van der Waals surface area contributed by atoms with E-state index in [1.54, 1.807) is 18.2 Å². The molecule has 100 valence electrons. The van der Waals surface area contributed by atoms with E-state index in [0.717, 1.165) is 18.4 Å². The zero-order chi connectivity index (χ0) is 13.2. The van der Waals surface area contributed by atoms with E-state index in [0.29, 0.717) is 18.8 Å². The molecular weight excluding hydrogens is 250 g/mol. The van der Waals surface area contributed by atoms with Crippen molar-refractivity contribution in [2.24, 2.45) is 5.73 Å². The summed E-state index contributed by atoms with van der Waals surface area (Å²) in [6, 6.07) is 7.10. The second-order valence-corrected chi connectivity index (χ2v) is 6.30. The van der Waals surface area contributed by atoms with Crippen LogP contribution in [0.3, 0.4) is 0 Å². The summed E-state index contributed by atoms with van der Waals surface area (Å²) >= 11 is 0. The molecule has 0 spiro atoms. The zero-order valence-corrected chi connectivity index (χ0v) is 11.3. The van der Waals surface area contributed by atoms with Crippen LogP contribution in [0.15, 0.2) is 24.3 Å². The topological polar surface area (TPSA) is 75.4 Å². The summed E-state index contributed by atoms with van der Waals surface area (Å²) in [5.41, 5.74) is 7.26. The molecule has 1 aliphatic rings. The highest BCUT2D eigenvalue weighted by atomic mass is 32.2. The van der Waals surface area contributed by atoms with E-state index >= 15 is 0 Å². The lowest BCUT2D eigenvalue weighted by Gasteiger charge is -2.17. The Balaban J connectivity index is 2.15. The molecule has 6 heteroatoms. The molecule has 5 nitrogen and oxygen atoms in total. The van der Waals surface area contributed by atoms with Crippen molar-refractivity contribution < 1.29 is 8.42 Å². The molecule has 1 atom stereocenters. The zero-order valence-electron chi connectivity index (χ0n) is 10.5. The van der Waals surface area contributed by atoms with Crippen molar-refractivity contribution in [2.75, 3.05) is 17.8 Å². The van der Waals surface area contributed by atoms with E-state index in [1.165, 1.54) is 4.31 Å². The van der Waals surface area contributed by atoms with Gasteiger partial charge >= 0.3 is 10.2 Å². The first-order valence-electron chi connectivity index (χ1n) is 6.12. The Morgan fingerprint density at radius 3 is 2.61 bits per heavy atom. The normalized spacial score (nSPS) is 18.8. The Labute approximate surface area is 108 Å². The molecular formula is C12H19N3O2S. The van der Waals surface area contributed by atoms with Crippen LogP contribution in [0.25, 0.3) is 0 Å². The fourth-order valence-electron chi connectivity index (χ4n) is 2.03. The van der Waals surface area contributed by atoms with Gasteiger partial charge in [-0.15, -0.1) is 0 Å². The van der Waals surface area contributed by atoms with Crippen LogP contribution in [0.2, 0.25) is 0 Å². The maximum Gasteiger partial charge on any atom is 0.301 e. The highest BCUT2D eigenvalue weighted by molar-refractivity contribution is 7.90. The lowest BCUT2D eigenvalue weighted by molar-refractivity contribution is 0.482. The van der Waals surface area contributed by atoms with Crippen molar-refractivity contribution in [1.29, 1.82) is 0 Å².